The number of rotatable bonds is 10. The zero-order chi connectivity index (χ0) is 34.3. The normalized spacial score (nSPS) is 18.9. The summed E-state index contributed by atoms with van der Waals surface area (Å²) in [5.41, 5.74) is 12.8. The molecule has 0 fully saturated rings. The number of carbonyl (C=O) groups is 1. The second kappa shape index (κ2) is 13.2. The Bertz CT molecular complexity index is 2080. The van der Waals surface area contributed by atoms with Gasteiger partial charge in [0, 0.05) is 40.9 Å². The van der Waals surface area contributed by atoms with E-state index < -0.39 is 17.9 Å². The van der Waals surface area contributed by atoms with Crippen LogP contribution in [0.2, 0.25) is 0 Å². The van der Waals surface area contributed by atoms with Crippen molar-refractivity contribution in [3.8, 4) is 0 Å². The van der Waals surface area contributed by atoms with Crippen LogP contribution in [0.5, 0.6) is 0 Å². The van der Waals surface area contributed by atoms with Crippen molar-refractivity contribution in [1.29, 1.82) is 0 Å². The van der Waals surface area contributed by atoms with Gasteiger partial charge in [-0.15, -0.1) is 0 Å². The summed E-state index contributed by atoms with van der Waals surface area (Å²) in [7, 11) is 0. The van der Waals surface area contributed by atoms with Crippen molar-refractivity contribution in [3.05, 3.63) is 99.7 Å². The number of carbonyl (C=O) groups excluding carboxylic acids is 1. The van der Waals surface area contributed by atoms with Crippen LogP contribution >= 0.6 is 0 Å². The molecule has 6 N–H and O–H groups in total. The predicted molar refractivity (Wildman–Crippen MR) is 190 cm³/mol. The molecule has 2 atom stereocenters. The lowest BCUT2D eigenvalue weighted by atomic mass is 9.63. The minimum Gasteiger partial charge on any atom is -0.396 e. The first-order valence-corrected chi connectivity index (χ1v) is 16.6. The highest BCUT2D eigenvalue weighted by Crippen LogP contribution is 2.52. The summed E-state index contributed by atoms with van der Waals surface area (Å²) in [6.07, 6.45) is 8.04. The van der Waals surface area contributed by atoms with E-state index in [0.29, 0.717) is 42.6 Å². The maximum absolute atomic E-state index is 13.5. The molecule has 0 amide bonds. The van der Waals surface area contributed by atoms with E-state index in [1.54, 1.807) is 6.08 Å². The van der Waals surface area contributed by atoms with Gasteiger partial charge < -0.3 is 30.4 Å². The van der Waals surface area contributed by atoms with Gasteiger partial charge in [-0.25, -0.2) is 4.98 Å². The van der Waals surface area contributed by atoms with Crippen LogP contribution in [0.15, 0.2) is 54.6 Å². The number of nitrogens with zero attached hydrogens (tertiary/aromatic N) is 2. The molecule has 250 valence electrons. The van der Waals surface area contributed by atoms with Gasteiger partial charge in [0.05, 0.1) is 40.7 Å². The standard InChI is InChI=1S/C39H44N4O5/c1-6-25-21(2)30-16-35-28-12-11-24(19-46)38(36(48)20-47)39(28,5)37(43-35)18-31-23(4)27(10-8-14-45)34(42-31)17-33-26(9-7-13-44)22(3)29(41-33)15-32(25)40-30/h6,11-12,15-18,38,41-42,44-47H,1,7-10,13-14,19-20H2,2-5H3/t38?,39-/m1/s1. The van der Waals surface area contributed by atoms with Gasteiger partial charge in [0.25, 0.3) is 0 Å². The van der Waals surface area contributed by atoms with E-state index >= 15 is 0 Å². The first-order chi connectivity index (χ1) is 23.1. The zero-order valence-corrected chi connectivity index (χ0v) is 28.1. The summed E-state index contributed by atoms with van der Waals surface area (Å²) in [4.78, 5) is 31.0. The fourth-order valence-corrected chi connectivity index (χ4v) is 7.69. The number of hydrogen-bond donors (Lipinski definition) is 6. The molecule has 0 radical (unpaired) electrons. The van der Waals surface area contributed by atoms with Gasteiger partial charge in [-0.3, -0.25) is 9.78 Å². The van der Waals surface area contributed by atoms with Crippen LogP contribution in [-0.2, 0) is 23.1 Å². The highest BCUT2D eigenvalue weighted by Gasteiger charge is 2.50. The summed E-state index contributed by atoms with van der Waals surface area (Å²) < 4.78 is 0. The Balaban J connectivity index is 1.79. The van der Waals surface area contributed by atoms with E-state index in [9.17, 15) is 25.2 Å². The molecule has 6 rings (SSSR count). The number of Topliss-reactive ketones (excluding diaryl/α,β-unsaturated/α-hetero) is 1. The van der Waals surface area contributed by atoms with Gasteiger partial charge in [-0.05, 0) is 117 Å². The van der Waals surface area contributed by atoms with Crippen LogP contribution in [0, 0.1) is 19.8 Å². The lowest BCUT2D eigenvalue weighted by Crippen LogP contribution is -2.41. The number of aromatic nitrogens is 4. The van der Waals surface area contributed by atoms with Gasteiger partial charge in [0.15, 0.2) is 5.78 Å². The van der Waals surface area contributed by atoms with Crippen LogP contribution in [0.3, 0.4) is 0 Å². The van der Waals surface area contributed by atoms with Crippen molar-refractivity contribution >= 4 is 44.6 Å². The lowest BCUT2D eigenvalue weighted by Gasteiger charge is -2.37. The zero-order valence-electron chi connectivity index (χ0n) is 28.1. The van der Waals surface area contributed by atoms with Crippen molar-refractivity contribution < 1.29 is 25.2 Å². The number of aryl methyl sites for hydroxylation is 4. The molecular formula is C39H44N4O5. The smallest absolute Gasteiger partial charge is 0.166 e. The molecule has 2 aliphatic heterocycles. The molecule has 3 aromatic heterocycles. The fourth-order valence-electron chi connectivity index (χ4n) is 7.69. The summed E-state index contributed by atoms with van der Waals surface area (Å²) >= 11 is 0. The SMILES string of the molecule is C=CC1=C(C)c2cc3nc(cc4[nH]c(cc5[nH]c(cc1n2)c(C)c5CCCO)c(CCCO)c4C)[C@@]1(C)C3=CC=C(CO)C1C(=O)CO. The van der Waals surface area contributed by atoms with E-state index in [2.05, 4.69) is 29.5 Å². The van der Waals surface area contributed by atoms with Crippen molar-refractivity contribution in [2.75, 3.05) is 26.4 Å². The number of nitrogens with one attached hydrogen (secondary N) is 2. The maximum atomic E-state index is 13.5. The van der Waals surface area contributed by atoms with Gasteiger partial charge >= 0.3 is 0 Å². The Morgan fingerprint density at radius 1 is 0.833 bits per heavy atom. The Morgan fingerprint density at radius 2 is 1.46 bits per heavy atom. The summed E-state index contributed by atoms with van der Waals surface area (Å²) in [6.45, 7) is 11.3. The van der Waals surface area contributed by atoms with Crippen LogP contribution in [0.25, 0.3) is 38.8 Å². The van der Waals surface area contributed by atoms with Crippen LogP contribution in [0.1, 0.15) is 71.7 Å². The van der Waals surface area contributed by atoms with E-state index in [4.69, 9.17) is 9.97 Å². The molecule has 9 nitrogen and oxygen atoms in total. The minimum absolute atomic E-state index is 0.0550. The van der Waals surface area contributed by atoms with Crippen molar-refractivity contribution in [1.82, 2.24) is 19.9 Å². The van der Waals surface area contributed by atoms with Crippen molar-refractivity contribution in [2.45, 2.75) is 58.8 Å². The lowest BCUT2D eigenvalue weighted by molar-refractivity contribution is -0.126. The van der Waals surface area contributed by atoms with Crippen LogP contribution in [-0.4, -0.2) is 72.6 Å². The molecule has 9 heteroatoms. The predicted octanol–water partition coefficient (Wildman–Crippen LogP) is 5.35. The number of allylic oxidation sites excluding steroid dienone is 6. The first kappa shape index (κ1) is 33.5. The number of aromatic amines is 2. The van der Waals surface area contributed by atoms with E-state index in [-0.39, 0.29) is 25.6 Å². The molecule has 8 bridgehead atoms. The topological polar surface area (TPSA) is 155 Å². The van der Waals surface area contributed by atoms with Gasteiger partial charge in [0.1, 0.15) is 6.61 Å². The van der Waals surface area contributed by atoms with E-state index in [1.807, 2.05) is 51.1 Å². The summed E-state index contributed by atoms with van der Waals surface area (Å²) in [5.74, 6) is -1.21. The first-order valence-electron chi connectivity index (χ1n) is 16.6. The van der Waals surface area contributed by atoms with Crippen molar-refractivity contribution in [2.24, 2.45) is 5.92 Å². The number of H-pyrrole nitrogens is 2. The number of ketones is 1. The maximum Gasteiger partial charge on any atom is 0.166 e. The monoisotopic (exact) mass is 648 g/mol. The third-order valence-corrected chi connectivity index (χ3v) is 10.4. The Morgan fingerprint density at radius 3 is 2.02 bits per heavy atom. The quantitative estimate of drug-likeness (QED) is 0.173. The number of hydrogen-bond acceptors (Lipinski definition) is 7. The Kier molecular flexibility index (Phi) is 9.24. The molecule has 48 heavy (non-hydrogen) atoms. The Hall–Kier alpha value is -4.41. The highest BCUT2D eigenvalue weighted by molar-refractivity contribution is 5.98. The Labute approximate surface area is 280 Å². The van der Waals surface area contributed by atoms with Gasteiger partial charge in [0.2, 0.25) is 0 Å². The molecule has 0 aromatic carbocycles. The largest absolute Gasteiger partial charge is 0.396 e. The fraction of sp³-hybridized carbons (Fsp3) is 0.359. The van der Waals surface area contributed by atoms with Gasteiger partial charge in [-0.2, -0.15) is 0 Å². The minimum atomic E-state index is -0.974. The van der Waals surface area contributed by atoms with Crippen LogP contribution in [0.4, 0.5) is 0 Å². The molecule has 0 saturated heterocycles. The second-order valence-corrected chi connectivity index (χ2v) is 13.1. The average molecular weight is 649 g/mol. The molecule has 5 heterocycles. The van der Waals surface area contributed by atoms with E-state index in [0.717, 1.165) is 72.4 Å². The summed E-state index contributed by atoms with van der Waals surface area (Å²) in [5, 5.41) is 39.9. The number of fused-ring (bicyclic) bond motifs is 11. The molecular weight excluding hydrogens is 604 g/mol. The molecule has 3 aliphatic rings. The highest BCUT2D eigenvalue weighted by atomic mass is 16.3. The molecule has 1 unspecified atom stereocenters. The molecule has 0 spiro atoms. The molecule has 0 saturated carbocycles. The van der Waals surface area contributed by atoms with Crippen molar-refractivity contribution in [3.63, 3.8) is 0 Å². The molecule has 3 aromatic rings. The third-order valence-electron chi connectivity index (χ3n) is 10.4. The third kappa shape index (κ3) is 5.41. The average Bonchev–Trinajstić information content (AvgIpc) is 3.73. The second-order valence-electron chi connectivity index (χ2n) is 13.1. The summed E-state index contributed by atoms with van der Waals surface area (Å²) in [6, 6.07) is 8.06. The van der Waals surface area contributed by atoms with Crippen LogP contribution < -0.4 is 0 Å². The van der Waals surface area contributed by atoms with Gasteiger partial charge in [-0.1, -0.05) is 24.8 Å². The van der Waals surface area contributed by atoms with E-state index in [1.165, 1.54) is 0 Å². The molecule has 1 aliphatic carbocycles. The number of aliphatic hydroxyl groups excluding tert-OH is 4. The number of aliphatic hydroxyl groups is 4.